The maximum absolute atomic E-state index is 14.1. The summed E-state index contributed by atoms with van der Waals surface area (Å²) in [4.78, 5) is 0. The van der Waals surface area contributed by atoms with Crippen LogP contribution >= 0.6 is 0 Å². The molecule has 5 nitrogen and oxygen atoms in total. The average Bonchev–Trinajstić information content (AvgIpc) is 2.95. The number of halogens is 2. The number of anilines is 1. The Hall–Kier alpha value is -2.74. The molecule has 3 rings (SSSR count). The summed E-state index contributed by atoms with van der Waals surface area (Å²) < 4.78 is 56.6. The molecule has 3 aromatic rings. The Labute approximate surface area is 137 Å². The van der Waals surface area contributed by atoms with E-state index in [1.807, 2.05) is 0 Å². The van der Waals surface area contributed by atoms with Gasteiger partial charge in [0.15, 0.2) is 5.03 Å². The smallest absolute Gasteiger partial charge is 0.278 e. The first kappa shape index (κ1) is 16.1. The molecule has 24 heavy (non-hydrogen) atoms. The van der Waals surface area contributed by atoms with Gasteiger partial charge in [0.1, 0.15) is 11.6 Å². The second-order valence-corrected chi connectivity index (χ2v) is 6.67. The summed E-state index contributed by atoms with van der Waals surface area (Å²) in [6, 6.07) is 10.8. The van der Waals surface area contributed by atoms with Gasteiger partial charge in [-0.3, -0.25) is 9.40 Å². The number of aryl methyl sites for hydroxylation is 1. The molecule has 2 aromatic carbocycles. The molecule has 124 valence electrons. The van der Waals surface area contributed by atoms with E-state index in [2.05, 4.69) is 9.82 Å². The predicted molar refractivity (Wildman–Crippen MR) is 85.8 cm³/mol. The highest BCUT2D eigenvalue weighted by Gasteiger charge is 2.21. The summed E-state index contributed by atoms with van der Waals surface area (Å²) in [5.74, 6) is -1.55. The van der Waals surface area contributed by atoms with Gasteiger partial charge in [-0.05, 0) is 24.3 Å². The van der Waals surface area contributed by atoms with Crippen LogP contribution in [0.4, 0.5) is 14.5 Å². The van der Waals surface area contributed by atoms with E-state index >= 15 is 0 Å². The zero-order valence-corrected chi connectivity index (χ0v) is 13.4. The van der Waals surface area contributed by atoms with E-state index in [4.69, 9.17) is 0 Å². The molecular weight excluding hydrogens is 336 g/mol. The van der Waals surface area contributed by atoms with E-state index in [1.54, 1.807) is 12.1 Å². The van der Waals surface area contributed by atoms with Crippen LogP contribution in [-0.2, 0) is 17.1 Å². The average molecular weight is 349 g/mol. The van der Waals surface area contributed by atoms with Crippen LogP contribution in [0.5, 0.6) is 0 Å². The Morgan fingerprint density at radius 2 is 1.67 bits per heavy atom. The summed E-state index contributed by atoms with van der Waals surface area (Å²) in [5, 5.41) is 3.75. The fourth-order valence-electron chi connectivity index (χ4n) is 2.37. The lowest BCUT2D eigenvalue weighted by Gasteiger charge is -2.13. The maximum Gasteiger partial charge on any atom is 0.279 e. The predicted octanol–water partition coefficient (Wildman–Crippen LogP) is 3.17. The first-order valence-corrected chi connectivity index (χ1v) is 8.43. The van der Waals surface area contributed by atoms with E-state index < -0.39 is 21.7 Å². The Bertz CT molecular complexity index is 980. The van der Waals surface area contributed by atoms with Gasteiger partial charge in [-0.1, -0.05) is 24.3 Å². The van der Waals surface area contributed by atoms with Gasteiger partial charge in [-0.2, -0.15) is 13.5 Å². The third kappa shape index (κ3) is 2.88. The van der Waals surface area contributed by atoms with Gasteiger partial charge in [-0.25, -0.2) is 8.78 Å². The summed E-state index contributed by atoms with van der Waals surface area (Å²) in [7, 11) is -2.47. The molecule has 0 bridgehead atoms. The zero-order chi connectivity index (χ0) is 17.3. The number of benzene rings is 2. The second kappa shape index (κ2) is 6.04. The fraction of sp³-hybridized carbons (Fsp3) is 0.0625. The van der Waals surface area contributed by atoms with Crippen LogP contribution < -0.4 is 4.72 Å². The highest BCUT2D eigenvalue weighted by atomic mass is 32.2. The molecular formula is C16H13F2N3O2S. The van der Waals surface area contributed by atoms with Crippen molar-refractivity contribution in [2.24, 2.45) is 7.05 Å². The fourth-order valence-corrected chi connectivity index (χ4v) is 3.57. The lowest BCUT2D eigenvalue weighted by molar-refractivity contribution is 0.581. The van der Waals surface area contributed by atoms with Crippen molar-refractivity contribution in [2.45, 2.75) is 5.03 Å². The number of para-hydroxylation sites is 1. The molecule has 1 heterocycles. The molecule has 0 amide bonds. The second-order valence-electron chi connectivity index (χ2n) is 5.04. The topological polar surface area (TPSA) is 64.0 Å². The van der Waals surface area contributed by atoms with Crippen molar-refractivity contribution < 1.29 is 17.2 Å². The van der Waals surface area contributed by atoms with E-state index in [0.717, 1.165) is 12.1 Å². The van der Waals surface area contributed by atoms with Gasteiger partial charge in [0, 0.05) is 12.6 Å². The number of hydrogen-bond acceptors (Lipinski definition) is 3. The monoisotopic (exact) mass is 349 g/mol. The molecule has 1 N–H and O–H groups in total. The number of rotatable bonds is 4. The molecule has 8 heteroatoms. The van der Waals surface area contributed by atoms with Gasteiger partial charge < -0.3 is 0 Å². The number of hydrogen-bond donors (Lipinski definition) is 1. The van der Waals surface area contributed by atoms with Gasteiger partial charge in [0.2, 0.25) is 0 Å². The zero-order valence-electron chi connectivity index (χ0n) is 12.6. The minimum Gasteiger partial charge on any atom is -0.278 e. The standard InChI is InChI=1S/C16H13F2N3O2S/c1-21-15(9-10-19-21)24(22,23)20-14-8-3-2-5-11(14)16-12(17)6-4-7-13(16)18/h2-10,20H,1H3. The molecule has 0 aliphatic rings. The van der Waals surface area contributed by atoms with Crippen LogP contribution in [0.15, 0.2) is 59.8 Å². The van der Waals surface area contributed by atoms with Crippen molar-refractivity contribution in [1.29, 1.82) is 0 Å². The Kier molecular flexibility index (Phi) is 4.06. The molecule has 0 spiro atoms. The number of sulfonamides is 1. The first-order chi connectivity index (χ1) is 11.4. The summed E-state index contributed by atoms with van der Waals surface area (Å²) >= 11 is 0. The number of aromatic nitrogens is 2. The van der Waals surface area contributed by atoms with Crippen LogP contribution in [0.25, 0.3) is 11.1 Å². The maximum atomic E-state index is 14.1. The van der Waals surface area contributed by atoms with Crippen LogP contribution in [-0.4, -0.2) is 18.2 Å². The summed E-state index contributed by atoms with van der Waals surface area (Å²) in [5.41, 5.74) is -0.109. The molecule has 0 saturated carbocycles. The van der Waals surface area contributed by atoms with Gasteiger partial charge in [0.05, 0.1) is 17.4 Å². The molecule has 0 unspecified atom stereocenters. The highest BCUT2D eigenvalue weighted by Crippen LogP contribution is 2.33. The van der Waals surface area contributed by atoms with Gasteiger partial charge in [-0.15, -0.1) is 0 Å². The Balaban J connectivity index is 2.10. The lowest BCUT2D eigenvalue weighted by atomic mass is 10.0. The van der Waals surface area contributed by atoms with E-state index in [0.29, 0.717) is 0 Å². The van der Waals surface area contributed by atoms with Crippen molar-refractivity contribution in [3.05, 3.63) is 66.4 Å². The minimum absolute atomic E-state index is 0.0636. The largest absolute Gasteiger partial charge is 0.279 e. The van der Waals surface area contributed by atoms with Crippen LogP contribution in [0.2, 0.25) is 0 Å². The van der Waals surface area contributed by atoms with Crippen molar-refractivity contribution in [3.8, 4) is 11.1 Å². The summed E-state index contributed by atoms with van der Waals surface area (Å²) in [6.45, 7) is 0. The molecule has 0 atom stereocenters. The van der Waals surface area contributed by atoms with Crippen LogP contribution in [0.1, 0.15) is 0 Å². The van der Waals surface area contributed by atoms with Gasteiger partial charge >= 0.3 is 0 Å². The van der Waals surface area contributed by atoms with E-state index in [9.17, 15) is 17.2 Å². The first-order valence-electron chi connectivity index (χ1n) is 6.94. The van der Waals surface area contributed by atoms with E-state index in [1.165, 1.54) is 42.2 Å². The number of nitrogens with zero attached hydrogens (tertiary/aromatic N) is 2. The third-order valence-corrected chi connectivity index (χ3v) is 4.89. The SMILES string of the molecule is Cn1nccc1S(=O)(=O)Nc1ccccc1-c1c(F)cccc1F. The lowest BCUT2D eigenvalue weighted by Crippen LogP contribution is -2.17. The van der Waals surface area contributed by atoms with Gasteiger partial charge in [0.25, 0.3) is 10.0 Å². The minimum atomic E-state index is -3.95. The van der Waals surface area contributed by atoms with Crippen LogP contribution in [0, 0.1) is 11.6 Å². The molecule has 0 radical (unpaired) electrons. The molecule has 0 aliphatic carbocycles. The Morgan fingerprint density at radius 3 is 2.29 bits per heavy atom. The van der Waals surface area contributed by atoms with Crippen molar-refractivity contribution in [3.63, 3.8) is 0 Å². The van der Waals surface area contributed by atoms with Crippen molar-refractivity contribution in [1.82, 2.24) is 9.78 Å². The van der Waals surface area contributed by atoms with Crippen LogP contribution in [0.3, 0.4) is 0 Å². The molecule has 0 aliphatic heterocycles. The molecule has 1 aromatic heterocycles. The summed E-state index contributed by atoms with van der Waals surface area (Å²) in [6.07, 6.45) is 1.34. The molecule has 0 fully saturated rings. The quantitative estimate of drug-likeness (QED) is 0.787. The third-order valence-electron chi connectivity index (χ3n) is 3.45. The van der Waals surface area contributed by atoms with Crippen molar-refractivity contribution >= 4 is 15.7 Å². The number of nitrogens with one attached hydrogen (secondary N) is 1. The Morgan fingerprint density at radius 1 is 1.00 bits per heavy atom. The normalized spacial score (nSPS) is 11.5. The highest BCUT2D eigenvalue weighted by molar-refractivity contribution is 7.92. The van der Waals surface area contributed by atoms with E-state index in [-0.39, 0.29) is 21.8 Å². The molecule has 0 saturated heterocycles. The van der Waals surface area contributed by atoms with Crippen molar-refractivity contribution in [2.75, 3.05) is 4.72 Å².